The van der Waals surface area contributed by atoms with Crippen LogP contribution < -0.4 is 4.74 Å². The van der Waals surface area contributed by atoms with Gasteiger partial charge in [0.05, 0.1) is 4.90 Å². The summed E-state index contributed by atoms with van der Waals surface area (Å²) in [6.07, 6.45) is -4.77. The SMILES string of the molecule is CN(Cc1ccc(OC(F)(F)F)cc1)S(=O)(=O)c1ccc(Cl)cc1. The summed E-state index contributed by atoms with van der Waals surface area (Å²) in [6.45, 7) is -0.00272. The lowest BCUT2D eigenvalue weighted by Crippen LogP contribution is -2.26. The van der Waals surface area contributed by atoms with Crippen molar-refractivity contribution >= 4 is 21.6 Å². The molecule has 2 aromatic carbocycles. The van der Waals surface area contributed by atoms with Gasteiger partial charge in [-0.25, -0.2) is 8.42 Å². The fourth-order valence-electron chi connectivity index (χ4n) is 1.93. The van der Waals surface area contributed by atoms with Gasteiger partial charge in [0, 0.05) is 18.6 Å². The van der Waals surface area contributed by atoms with Crippen LogP contribution in [-0.4, -0.2) is 26.1 Å². The highest BCUT2D eigenvalue weighted by atomic mass is 35.5. The number of hydrogen-bond acceptors (Lipinski definition) is 3. The molecule has 2 rings (SSSR count). The molecule has 130 valence electrons. The summed E-state index contributed by atoms with van der Waals surface area (Å²) in [6, 6.07) is 10.7. The smallest absolute Gasteiger partial charge is 0.406 e. The van der Waals surface area contributed by atoms with Crippen LogP contribution in [0.5, 0.6) is 5.75 Å². The molecule has 0 N–H and O–H groups in total. The van der Waals surface area contributed by atoms with Crippen molar-refractivity contribution < 1.29 is 26.3 Å². The first kappa shape index (κ1) is 18.6. The van der Waals surface area contributed by atoms with Crippen molar-refractivity contribution in [3.63, 3.8) is 0 Å². The van der Waals surface area contributed by atoms with E-state index < -0.39 is 16.4 Å². The quantitative estimate of drug-likeness (QED) is 0.787. The number of halogens is 4. The molecule has 2 aromatic rings. The number of hydrogen-bond donors (Lipinski definition) is 0. The van der Waals surface area contributed by atoms with Crippen LogP contribution in [0.3, 0.4) is 0 Å². The van der Waals surface area contributed by atoms with Crippen molar-refractivity contribution in [1.29, 1.82) is 0 Å². The van der Waals surface area contributed by atoms with Crippen LogP contribution in [-0.2, 0) is 16.6 Å². The molecule has 4 nitrogen and oxygen atoms in total. The first-order valence-electron chi connectivity index (χ1n) is 6.64. The highest BCUT2D eigenvalue weighted by molar-refractivity contribution is 7.89. The lowest BCUT2D eigenvalue weighted by atomic mass is 10.2. The summed E-state index contributed by atoms with van der Waals surface area (Å²) >= 11 is 5.73. The van der Waals surface area contributed by atoms with E-state index in [1.807, 2.05) is 0 Å². The number of benzene rings is 2. The Labute approximate surface area is 142 Å². The lowest BCUT2D eigenvalue weighted by molar-refractivity contribution is -0.274. The van der Waals surface area contributed by atoms with Gasteiger partial charge in [-0.1, -0.05) is 23.7 Å². The van der Waals surface area contributed by atoms with E-state index >= 15 is 0 Å². The Hall–Kier alpha value is -1.77. The van der Waals surface area contributed by atoms with E-state index in [1.54, 1.807) is 0 Å². The standard InChI is InChI=1S/C15H13ClF3NO3S/c1-20(24(21,22)14-8-4-12(16)5-9-14)10-11-2-6-13(7-3-11)23-15(17,18)19/h2-9H,10H2,1H3. The molecule has 0 atom stereocenters. The van der Waals surface area contributed by atoms with Crippen molar-refractivity contribution in [2.45, 2.75) is 17.8 Å². The molecule has 0 aliphatic carbocycles. The predicted octanol–water partition coefficient (Wildman–Crippen LogP) is 4.06. The molecule has 9 heteroatoms. The topological polar surface area (TPSA) is 46.6 Å². The molecular formula is C15H13ClF3NO3S. The molecule has 0 aliphatic rings. The largest absolute Gasteiger partial charge is 0.573 e. The first-order valence-corrected chi connectivity index (χ1v) is 8.46. The number of alkyl halides is 3. The molecule has 0 amide bonds. The summed E-state index contributed by atoms with van der Waals surface area (Å²) in [5, 5.41) is 0.414. The first-order chi connectivity index (χ1) is 11.1. The van der Waals surface area contributed by atoms with E-state index in [1.165, 1.54) is 43.4 Å². The van der Waals surface area contributed by atoms with Gasteiger partial charge in [0.25, 0.3) is 0 Å². The van der Waals surface area contributed by atoms with E-state index in [0.717, 1.165) is 16.4 Å². The molecule has 0 bridgehead atoms. The third kappa shape index (κ3) is 4.86. The molecule has 0 saturated heterocycles. The maximum Gasteiger partial charge on any atom is 0.573 e. The van der Waals surface area contributed by atoms with E-state index in [4.69, 9.17) is 11.6 Å². The number of rotatable bonds is 5. The van der Waals surface area contributed by atoms with Gasteiger partial charge in [-0.3, -0.25) is 0 Å². The van der Waals surface area contributed by atoms with Crippen LogP contribution in [0.15, 0.2) is 53.4 Å². The average Bonchev–Trinajstić information content (AvgIpc) is 2.48. The fraction of sp³-hybridized carbons (Fsp3) is 0.200. The summed E-state index contributed by atoms with van der Waals surface area (Å²) in [5.41, 5.74) is 0.518. The lowest BCUT2D eigenvalue weighted by Gasteiger charge is -2.17. The van der Waals surface area contributed by atoms with Crippen LogP contribution in [0.25, 0.3) is 0 Å². The Morgan fingerprint density at radius 3 is 2.08 bits per heavy atom. The van der Waals surface area contributed by atoms with Crippen LogP contribution in [0.4, 0.5) is 13.2 Å². The van der Waals surface area contributed by atoms with E-state index in [0.29, 0.717) is 10.6 Å². The molecule has 0 radical (unpaired) electrons. The molecule has 0 aliphatic heterocycles. The van der Waals surface area contributed by atoms with Gasteiger partial charge in [0.1, 0.15) is 5.75 Å². The minimum atomic E-state index is -4.77. The van der Waals surface area contributed by atoms with Gasteiger partial charge >= 0.3 is 6.36 Å². The van der Waals surface area contributed by atoms with Crippen molar-refractivity contribution in [3.05, 3.63) is 59.1 Å². The Balaban J connectivity index is 2.11. The molecule has 0 unspecified atom stereocenters. The molecule has 0 spiro atoms. The average molecular weight is 380 g/mol. The van der Waals surface area contributed by atoms with E-state index in [2.05, 4.69) is 4.74 Å². The van der Waals surface area contributed by atoms with Crippen LogP contribution in [0.1, 0.15) is 5.56 Å². The normalized spacial score (nSPS) is 12.4. The zero-order valence-corrected chi connectivity index (χ0v) is 14.0. The zero-order chi connectivity index (χ0) is 18.0. The molecule has 0 fully saturated rings. The van der Waals surface area contributed by atoms with Crippen molar-refractivity contribution in [3.8, 4) is 5.75 Å². The second kappa shape index (κ2) is 7.00. The van der Waals surface area contributed by atoms with Crippen molar-refractivity contribution in [1.82, 2.24) is 4.31 Å². The van der Waals surface area contributed by atoms with Gasteiger partial charge in [-0.15, -0.1) is 13.2 Å². The predicted molar refractivity (Wildman–Crippen MR) is 83.2 cm³/mol. The monoisotopic (exact) mass is 379 g/mol. The van der Waals surface area contributed by atoms with Crippen LogP contribution in [0, 0.1) is 0 Å². The third-order valence-corrected chi connectivity index (χ3v) is 5.15. The number of nitrogens with zero attached hydrogens (tertiary/aromatic N) is 1. The van der Waals surface area contributed by atoms with Crippen molar-refractivity contribution in [2.24, 2.45) is 0 Å². The molecule has 0 saturated carbocycles. The van der Waals surface area contributed by atoms with Crippen molar-refractivity contribution in [2.75, 3.05) is 7.05 Å². The Kier molecular flexibility index (Phi) is 5.42. The maximum absolute atomic E-state index is 12.4. The van der Waals surface area contributed by atoms with Crippen LogP contribution >= 0.6 is 11.6 Å². The third-order valence-electron chi connectivity index (χ3n) is 3.08. The second-order valence-corrected chi connectivity index (χ2v) is 7.39. The Morgan fingerprint density at radius 1 is 1.04 bits per heavy atom. The molecular weight excluding hydrogens is 367 g/mol. The van der Waals surface area contributed by atoms with Gasteiger partial charge in [-0.2, -0.15) is 4.31 Å². The Morgan fingerprint density at radius 2 is 1.58 bits per heavy atom. The summed E-state index contributed by atoms with van der Waals surface area (Å²) < 4.78 is 66.0. The highest BCUT2D eigenvalue weighted by Gasteiger charge is 2.31. The molecule has 0 heterocycles. The fourth-order valence-corrected chi connectivity index (χ4v) is 3.21. The number of ether oxygens (including phenoxy) is 1. The maximum atomic E-state index is 12.4. The molecule has 0 aromatic heterocycles. The van der Waals surface area contributed by atoms with Crippen LogP contribution in [0.2, 0.25) is 5.02 Å². The Bertz CT molecular complexity index is 790. The zero-order valence-electron chi connectivity index (χ0n) is 12.4. The van der Waals surface area contributed by atoms with Gasteiger partial charge in [0.2, 0.25) is 10.0 Å². The number of sulfonamides is 1. The minimum Gasteiger partial charge on any atom is -0.406 e. The van der Waals surface area contributed by atoms with Gasteiger partial charge in [0.15, 0.2) is 0 Å². The van der Waals surface area contributed by atoms with Gasteiger partial charge in [-0.05, 0) is 42.0 Å². The van der Waals surface area contributed by atoms with Gasteiger partial charge < -0.3 is 4.74 Å². The second-order valence-electron chi connectivity index (χ2n) is 4.91. The van der Waals surface area contributed by atoms with E-state index in [-0.39, 0.29) is 17.2 Å². The highest BCUT2D eigenvalue weighted by Crippen LogP contribution is 2.24. The minimum absolute atomic E-state index is 0.00272. The molecule has 24 heavy (non-hydrogen) atoms. The summed E-state index contributed by atoms with van der Waals surface area (Å²) in [7, 11) is -2.35. The summed E-state index contributed by atoms with van der Waals surface area (Å²) in [5.74, 6) is -0.366. The summed E-state index contributed by atoms with van der Waals surface area (Å²) in [4.78, 5) is 0.0754. The van der Waals surface area contributed by atoms with E-state index in [9.17, 15) is 21.6 Å².